The average molecular weight is 347 g/mol. The molecule has 0 amide bonds. The number of halogens is 1. The third-order valence-corrected chi connectivity index (χ3v) is 4.01. The third kappa shape index (κ3) is 3.36. The summed E-state index contributed by atoms with van der Waals surface area (Å²) in [6.45, 7) is 3.10. The maximum absolute atomic E-state index is 9.57. The van der Waals surface area contributed by atoms with Crippen molar-refractivity contribution >= 4 is 0 Å². The van der Waals surface area contributed by atoms with Crippen molar-refractivity contribution in [1.29, 1.82) is 0 Å². The van der Waals surface area contributed by atoms with Crippen molar-refractivity contribution in [3.8, 4) is 0 Å². The van der Waals surface area contributed by atoms with E-state index in [9.17, 15) is 15.3 Å². The van der Waals surface area contributed by atoms with Crippen LogP contribution >= 0.6 is 0 Å². The van der Waals surface area contributed by atoms with Crippen molar-refractivity contribution in [1.82, 2.24) is 0 Å². The van der Waals surface area contributed by atoms with Gasteiger partial charge in [0.2, 0.25) is 0 Å². The zero-order valence-electron chi connectivity index (χ0n) is 8.57. The number of hydrogen-bond donors (Lipinski definition) is 4. The Labute approximate surface area is 104 Å². The second-order valence-corrected chi connectivity index (χ2v) is 5.35. The van der Waals surface area contributed by atoms with Gasteiger partial charge in [-0.15, -0.1) is 0 Å². The predicted molar refractivity (Wildman–Crippen MR) is 49.9 cm³/mol. The first kappa shape index (κ1) is 14.3. The van der Waals surface area contributed by atoms with Gasteiger partial charge in [-0.05, 0) is 0 Å². The summed E-state index contributed by atoms with van der Waals surface area (Å²) in [4.78, 5) is 0. The zero-order chi connectivity index (χ0) is 12.1. The fraction of sp³-hybridized carbons (Fsp3) is 0.778. The van der Waals surface area contributed by atoms with Gasteiger partial charge < -0.3 is 0 Å². The molecule has 0 aromatic heterocycles. The fourth-order valence-corrected chi connectivity index (χ4v) is 2.52. The Balaban J connectivity index is 2.53. The first-order valence-electron chi connectivity index (χ1n) is 4.78. The van der Waals surface area contributed by atoms with E-state index < -0.39 is 58.9 Å². The number of aliphatic hydroxyl groups is 4. The number of alkyl halides is 1. The van der Waals surface area contributed by atoms with Crippen LogP contribution < -0.4 is 21.6 Å². The predicted octanol–water partition coefficient (Wildman–Crippen LogP) is -5.01. The quantitative estimate of drug-likeness (QED) is 0.172. The molecule has 5 atom stereocenters. The molecule has 0 aromatic rings. The summed E-state index contributed by atoms with van der Waals surface area (Å²) in [5.41, 5.74) is 0. The van der Waals surface area contributed by atoms with E-state index >= 15 is 0 Å². The van der Waals surface area contributed by atoms with Gasteiger partial charge in [0.05, 0.1) is 0 Å². The molecule has 1 heterocycles. The molecule has 1 saturated heterocycles. The monoisotopic (exact) mass is 347 g/mol. The molecule has 16 heavy (non-hydrogen) atoms. The van der Waals surface area contributed by atoms with E-state index in [0.29, 0.717) is 4.43 Å². The normalized spacial score (nSPS) is 39.9. The van der Waals surface area contributed by atoms with Gasteiger partial charge in [-0.1, -0.05) is 0 Å². The molecule has 0 aliphatic carbocycles. The van der Waals surface area contributed by atoms with E-state index in [1.54, 1.807) is 6.08 Å². The summed E-state index contributed by atoms with van der Waals surface area (Å²) in [6.07, 6.45) is -4.22. The standard InChI is InChI=1S/C9H16IO6/c1-2-3-10-16-9-8(14)7(13)6(12)5(4-11)15-9/h2,5-9,11-14H,1,3-4H2/q-1. The van der Waals surface area contributed by atoms with Gasteiger partial charge >= 0.3 is 104 Å². The first-order valence-corrected chi connectivity index (χ1v) is 7.18. The molecular weight excluding hydrogens is 331 g/mol. The van der Waals surface area contributed by atoms with Gasteiger partial charge in [-0.3, -0.25) is 0 Å². The minimum absolute atomic E-state index is 0.440. The fourth-order valence-electron chi connectivity index (χ4n) is 1.28. The molecular formula is C9H16IO6-. The van der Waals surface area contributed by atoms with Crippen LogP contribution in [0.25, 0.3) is 0 Å². The second-order valence-electron chi connectivity index (χ2n) is 3.34. The molecule has 7 heteroatoms. The van der Waals surface area contributed by atoms with E-state index in [1.807, 2.05) is 0 Å². The molecule has 0 radical (unpaired) electrons. The SMILES string of the molecule is C=CC[I-]OC1OC(CO)C(O)C(O)C1O. The first-order chi connectivity index (χ1) is 7.61. The van der Waals surface area contributed by atoms with Gasteiger partial charge in [0.15, 0.2) is 0 Å². The van der Waals surface area contributed by atoms with Gasteiger partial charge in [0.1, 0.15) is 0 Å². The van der Waals surface area contributed by atoms with Gasteiger partial charge in [-0.2, -0.15) is 0 Å². The molecule has 0 aromatic carbocycles. The Morgan fingerprint density at radius 1 is 1.25 bits per heavy atom. The Morgan fingerprint density at radius 3 is 2.50 bits per heavy atom. The Bertz CT molecular complexity index is 224. The number of aliphatic hydroxyl groups excluding tert-OH is 4. The van der Waals surface area contributed by atoms with E-state index in [4.69, 9.17) is 12.9 Å². The van der Waals surface area contributed by atoms with E-state index in [1.165, 1.54) is 0 Å². The maximum atomic E-state index is 9.57. The van der Waals surface area contributed by atoms with Crippen molar-refractivity contribution < 1.29 is 49.8 Å². The summed E-state index contributed by atoms with van der Waals surface area (Å²) in [7, 11) is 0. The van der Waals surface area contributed by atoms with Crippen LogP contribution in [0.2, 0.25) is 0 Å². The van der Waals surface area contributed by atoms with Gasteiger partial charge in [-0.25, -0.2) is 0 Å². The molecule has 1 aliphatic heterocycles. The number of rotatable bonds is 5. The molecule has 6 nitrogen and oxygen atoms in total. The Kier molecular flexibility index (Phi) is 6.11. The molecule has 0 saturated carbocycles. The molecule has 4 N–H and O–H groups in total. The second kappa shape index (κ2) is 6.84. The molecule has 0 spiro atoms. The average Bonchev–Trinajstić information content (AvgIpc) is 2.29. The molecule has 1 rings (SSSR count). The third-order valence-electron chi connectivity index (χ3n) is 2.17. The van der Waals surface area contributed by atoms with Crippen molar-refractivity contribution in [2.75, 3.05) is 11.0 Å². The Hall–Kier alpha value is 0.230. The summed E-state index contributed by atoms with van der Waals surface area (Å²) in [6, 6.07) is 0. The van der Waals surface area contributed by atoms with Crippen molar-refractivity contribution in [3.63, 3.8) is 0 Å². The summed E-state index contributed by atoms with van der Waals surface area (Å²) in [5.74, 6) is 0. The summed E-state index contributed by atoms with van der Waals surface area (Å²) in [5, 5.41) is 37.4. The van der Waals surface area contributed by atoms with Crippen LogP contribution in [0.5, 0.6) is 0 Å². The number of allylic oxidation sites excluding steroid dienone is 1. The summed E-state index contributed by atoms with van der Waals surface area (Å²) >= 11 is -0.664. The van der Waals surface area contributed by atoms with E-state index in [0.717, 1.165) is 0 Å². The minimum atomic E-state index is -1.37. The summed E-state index contributed by atoms with van der Waals surface area (Å²) < 4.78 is 11.1. The topological polar surface area (TPSA) is 99.4 Å². The number of ether oxygens (including phenoxy) is 1. The van der Waals surface area contributed by atoms with Crippen molar-refractivity contribution in [3.05, 3.63) is 12.7 Å². The molecule has 5 unspecified atom stereocenters. The molecule has 96 valence electrons. The van der Waals surface area contributed by atoms with Crippen LogP contribution in [0.4, 0.5) is 0 Å². The van der Waals surface area contributed by atoms with Crippen molar-refractivity contribution in [2.45, 2.75) is 30.7 Å². The Morgan fingerprint density at radius 2 is 1.94 bits per heavy atom. The van der Waals surface area contributed by atoms with Crippen LogP contribution in [0, 0.1) is 0 Å². The molecule has 1 fully saturated rings. The van der Waals surface area contributed by atoms with Gasteiger partial charge in [0.25, 0.3) is 0 Å². The van der Waals surface area contributed by atoms with E-state index in [-0.39, 0.29) is 0 Å². The van der Waals surface area contributed by atoms with E-state index in [2.05, 4.69) is 6.58 Å². The zero-order valence-corrected chi connectivity index (χ0v) is 10.7. The van der Waals surface area contributed by atoms with Crippen LogP contribution in [-0.4, -0.2) is 62.2 Å². The van der Waals surface area contributed by atoms with Crippen molar-refractivity contribution in [2.24, 2.45) is 0 Å². The van der Waals surface area contributed by atoms with Crippen LogP contribution in [-0.2, 0) is 7.80 Å². The van der Waals surface area contributed by atoms with Crippen LogP contribution in [0.15, 0.2) is 12.7 Å². The van der Waals surface area contributed by atoms with Crippen LogP contribution in [0.3, 0.4) is 0 Å². The van der Waals surface area contributed by atoms with Crippen LogP contribution in [0.1, 0.15) is 0 Å². The molecule has 1 aliphatic rings. The molecule has 0 bridgehead atoms. The van der Waals surface area contributed by atoms with Gasteiger partial charge in [0, 0.05) is 0 Å². The number of hydrogen-bond acceptors (Lipinski definition) is 6.